The zero-order valence-corrected chi connectivity index (χ0v) is 21.3. The lowest BCUT2D eigenvalue weighted by Crippen LogP contribution is -2.10. The molecule has 5 rings (SSSR count). The SMILES string of the molecule is CCCc1ccc(Oc2nc(Oc3ccc(C(N)=O)cc3)nc(Oc3ccc(-c4ccccc4)cc3)n2)cc1. The van der Waals surface area contributed by atoms with Crippen molar-refractivity contribution in [2.45, 2.75) is 19.8 Å². The van der Waals surface area contributed by atoms with Crippen LogP contribution in [0, 0.1) is 0 Å². The molecule has 0 fully saturated rings. The van der Waals surface area contributed by atoms with Crippen LogP contribution in [0.5, 0.6) is 35.3 Å². The maximum Gasteiger partial charge on any atom is 0.331 e. The molecule has 194 valence electrons. The first-order valence-corrected chi connectivity index (χ1v) is 12.5. The molecule has 8 nitrogen and oxygen atoms in total. The van der Waals surface area contributed by atoms with E-state index in [1.807, 2.05) is 78.9 Å². The minimum absolute atomic E-state index is 0.00109. The number of aryl methyl sites for hydroxylation is 1. The lowest BCUT2D eigenvalue weighted by atomic mass is 10.1. The van der Waals surface area contributed by atoms with Gasteiger partial charge in [-0.15, -0.1) is 15.0 Å². The van der Waals surface area contributed by atoms with E-state index >= 15 is 0 Å². The second kappa shape index (κ2) is 11.9. The number of nitrogens with zero attached hydrogens (tertiary/aromatic N) is 3. The molecule has 0 bridgehead atoms. The fourth-order valence-corrected chi connectivity index (χ4v) is 3.82. The zero-order chi connectivity index (χ0) is 27.0. The summed E-state index contributed by atoms with van der Waals surface area (Å²) >= 11 is 0. The van der Waals surface area contributed by atoms with E-state index < -0.39 is 5.91 Å². The molecule has 0 aliphatic carbocycles. The van der Waals surface area contributed by atoms with Crippen LogP contribution in [-0.4, -0.2) is 20.9 Å². The highest BCUT2D eigenvalue weighted by Gasteiger charge is 2.14. The summed E-state index contributed by atoms with van der Waals surface area (Å²) in [6.45, 7) is 2.13. The Bertz CT molecular complexity index is 1540. The predicted molar refractivity (Wildman–Crippen MR) is 147 cm³/mol. The molecule has 39 heavy (non-hydrogen) atoms. The van der Waals surface area contributed by atoms with Crippen molar-refractivity contribution in [3.63, 3.8) is 0 Å². The average Bonchev–Trinajstić information content (AvgIpc) is 2.95. The minimum Gasteiger partial charge on any atom is -0.424 e. The van der Waals surface area contributed by atoms with Gasteiger partial charge in [-0.05, 0) is 71.6 Å². The quantitative estimate of drug-likeness (QED) is 0.213. The molecule has 4 aromatic carbocycles. The van der Waals surface area contributed by atoms with E-state index in [1.54, 1.807) is 24.3 Å². The van der Waals surface area contributed by atoms with E-state index in [2.05, 4.69) is 21.9 Å². The number of aromatic nitrogens is 3. The molecule has 1 heterocycles. The molecule has 0 saturated heterocycles. The van der Waals surface area contributed by atoms with E-state index in [9.17, 15) is 4.79 Å². The monoisotopic (exact) mass is 518 g/mol. The third-order valence-electron chi connectivity index (χ3n) is 5.76. The Morgan fingerprint density at radius 1 is 0.615 bits per heavy atom. The lowest BCUT2D eigenvalue weighted by molar-refractivity contribution is 0.100. The largest absolute Gasteiger partial charge is 0.424 e. The molecule has 0 saturated carbocycles. The minimum atomic E-state index is -0.531. The van der Waals surface area contributed by atoms with Crippen molar-refractivity contribution >= 4 is 5.91 Å². The van der Waals surface area contributed by atoms with Gasteiger partial charge in [-0.25, -0.2) is 0 Å². The summed E-state index contributed by atoms with van der Waals surface area (Å²) in [7, 11) is 0. The summed E-state index contributed by atoms with van der Waals surface area (Å²) in [6.07, 6.45) is 2.04. The number of carbonyl (C=O) groups is 1. The number of primary amides is 1. The van der Waals surface area contributed by atoms with Crippen LogP contribution in [0.2, 0.25) is 0 Å². The number of carbonyl (C=O) groups excluding carboxylic acids is 1. The number of nitrogens with two attached hydrogens (primary N) is 1. The van der Waals surface area contributed by atoms with Gasteiger partial charge in [0, 0.05) is 5.56 Å². The molecule has 0 unspecified atom stereocenters. The van der Waals surface area contributed by atoms with Crippen LogP contribution in [0.25, 0.3) is 11.1 Å². The first-order chi connectivity index (χ1) is 19.1. The van der Waals surface area contributed by atoms with E-state index in [1.165, 1.54) is 5.56 Å². The Labute approximate surface area is 226 Å². The Hall–Kier alpha value is -5.24. The van der Waals surface area contributed by atoms with Crippen LogP contribution < -0.4 is 19.9 Å². The fraction of sp³-hybridized carbons (Fsp3) is 0.0968. The molecule has 1 aromatic heterocycles. The maximum absolute atomic E-state index is 11.4. The van der Waals surface area contributed by atoms with Crippen LogP contribution >= 0.6 is 0 Å². The number of hydrogen-bond donors (Lipinski definition) is 1. The van der Waals surface area contributed by atoms with Crippen molar-refractivity contribution < 1.29 is 19.0 Å². The number of benzene rings is 4. The Kier molecular flexibility index (Phi) is 7.73. The van der Waals surface area contributed by atoms with Gasteiger partial charge in [0.25, 0.3) is 0 Å². The zero-order valence-electron chi connectivity index (χ0n) is 21.3. The van der Waals surface area contributed by atoms with Gasteiger partial charge in [-0.3, -0.25) is 4.79 Å². The van der Waals surface area contributed by atoms with Gasteiger partial charge in [0.1, 0.15) is 17.2 Å². The third-order valence-corrected chi connectivity index (χ3v) is 5.76. The second-order valence-corrected chi connectivity index (χ2v) is 8.66. The first-order valence-electron chi connectivity index (χ1n) is 12.5. The van der Waals surface area contributed by atoms with Crippen molar-refractivity contribution in [3.8, 4) is 46.4 Å². The summed E-state index contributed by atoms with van der Waals surface area (Å²) in [4.78, 5) is 24.3. The molecule has 5 aromatic rings. The van der Waals surface area contributed by atoms with Gasteiger partial charge in [-0.2, -0.15) is 0 Å². The molecule has 1 amide bonds. The smallest absolute Gasteiger partial charge is 0.331 e. The van der Waals surface area contributed by atoms with Crippen LogP contribution in [0.15, 0.2) is 103 Å². The first kappa shape index (κ1) is 25.4. The van der Waals surface area contributed by atoms with E-state index in [4.69, 9.17) is 19.9 Å². The van der Waals surface area contributed by atoms with Gasteiger partial charge in [0.15, 0.2) is 0 Å². The molecule has 8 heteroatoms. The molecule has 0 atom stereocenters. The molecular weight excluding hydrogens is 492 g/mol. The van der Waals surface area contributed by atoms with Crippen molar-refractivity contribution in [3.05, 3.63) is 114 Å². The van der Waals surface area contributed by atoms with Gasteiger partial charge in [-0.1, -0.05) is 67.9 Å². The van der Waals surface area contributed by atoms with Crippen molar-refractivity contribution in [2.24, 2.45) is 5.73 Å². The number of hydrogen-bond acceptors (Lipinski definition) is 7. The Morgan fingerprint density at radius 3 is 1.51 bits per heavy atom. The normalized spacial score (nSPS) is 10.6. The number of amides is 1. The van der Waals surface area contributed by atoms with Crippen molar-refractivity contribution in [1.82, 2.24) is 15.0 Å². The third kappa shape index (κ3) is 6.75. The highest BCUT2D eigenvalue weighted by atomic mass is 16.5. The fourth-order valence-electron chi connectivity index (χ4n) is 3.82. The van der Waals surface area contributed by atoms with Gasteiger partial charge < -0.3 is 19.9 Å². The molecule has 0 spiro atoms. The van der Waals surface area contributed by atoms with E-state index in [0.29, 0.717) is 22.8 Å². The van der Waals surface area contributed by atoms with Crippen molar-refractivity contribution in [2.75, 3.05) is 0 Å². The summed E-state index contributed by atoms with van der Waals surface area (Å²) in [6, 6.07) is 31.6. The van der Waals surface area contributed by atoms with Gasteiger partial charge in [0.05, 0.1) is 0 Å². The summed E-state index contributed by atoms with van der Waals surface area (Å²) in [5.74, 6) is 0.971. The highest BCUT2D eigenvalue weighted by Crippen LogP contribution is 2.29. The van der Waals surface area contributed by atoms with E-state index in [0.717, 1.165) is 24.0 Å². The van der Waals surface area contributed by atoms with Gasteiger partial charge >= 0.3 is 18.0 Å². The van der Waals surface area contributed by atoms with Gasteiger partial charge in [0.2, 0.25) is 5.91 Å². The lowest BCUT2D eigenvalue weighted by Gasteiger charge is -2.10. The molecule has 0 aliphatic heterocycles. The summed E-state index contributed by atoms with van der Waals surface area (Å²) in [5.41, 5.74) is 9.05. The molecular formula is C31H26N4O4. The van der Waals surface area contributed by atoms with Crippen LogP contribution in [-0.2, 0) is 6.42 Å². The Morgan fingerprint density at radius 2 is 1.05 bits per heavy atom. The molecule has 0 radical (unpaired) electrons. The summed E-state index contributed by atoms with van der Waals surface area (Å²) in [5, 5.41) is 0. The number of rotatable bonds is 10. The highest BCUT2D eigenvalue weighted by molar-refractivity contribution is 5.92. The molecule has 0 aliphatic rings. The van der Waals surface area contributed by atoms with Crippen LogP contribution in [0.3, 0.4) is 0 Å². The summed E-state index contributed by atoms with van der Waals surface area (Å²) < 4.78 is 17.7. The van der Waals surface area contributed by atoms with Crippen LogP contribution in [0.1, 0.15) is 29.3 Å². The van der Waals surface area contributed by atoms with Crippen LogP contribution in [0.4, 0.5) is 0 Å². The number of ether oxygens (including phenoxy) is 3. The topological polar surface area (TPSA) is 109 Å². The molecule has 2 N–H and O–H groups in total. The van der Waals surface area contributed by atoms with Crippen molar-refractivity contribution in [1.29, 1.82) is 0 Å². The predicted octanol–water partition coefficient (Wildman–Crippen LogP) is 6.97. The Balaban J connectivity index is 1.40. The van der Waals surface area contributed by atoms with E-state index in [-0.39, 0.29) is 18.0 Å². The standard InChI is InChI=1S/C31H26N4O4/c1-2-6-21-9-15-25(16-10-21)37-29-33-30(35-31(34-29)39-27-19-13-24(14-20-27)28(32)36)38-26-17-11-23(12-18-26)22-7-4-3-5-8-22/h3-5,7-20H,2,6H2,1H3,(H2,32,36). The average molecular weight is 519 g/mol. The second-order valence-electron chi connectivity index (χ2n) is 8.66. The maximum atomic E-state index is 11.4.